The van der Waals surface area contributed by atoms with Crippen LogP contribution in [0.1, 0.15) is 15.9 Å². The lowest BCUT2D eigenvalue weighted by molar-refractivity contribution is 0.0746. The molecule has 1 saturated heterocycles. The van der Waals surface area contributed by atoms with Crippen molar-refractivity contribution in [3.8, 4) is 0 Å². The van der Waals surface area contributed by atoms with Gasteiger partial charge in [-0.25, -0.2) is 9.37 Å². The molecule has 5 nitrogen and oxygen atoms in total. The molecular weight excluding hydrogens is 367 g/mol. The molecule has 0 radical (unpaired) electrons. The third-order valence-electron chi connectivity index (χ3n) is 5.04. The highest BCUT2D eigenvalue weighted by Gasteiger charge is 2.22. The van der Waals surface area contributed by atoms with E-state index in [2.05, 4.69) is 46.4 Å². The predicted molar refractivity (Wildman–Crippen MR) is 113 cm³/mol. The van der Waals surface area contributed by atoms with Gasteiger partial charge in [0.1, 0.15) is 11.6 Å². The number of hydrogen-bond donors (Lipinski definition) is 1. The van der Waals surface area contributed by atoms with Crippen molar-refractivity contribution in [1.82, 2.24) is 9.88 Å². The van der Waals surface area contributed by atoms with Gasteiger partial charge in [0.05, 0.1) is 0 Å². The van der Waals surface area contributed by atoms with E-state index >= 15 is 0 Å². The topological polar surface area (TPSA) is 48.5 Å². The van der Waals surface area contributed by atoms with Crippen molar-refractivity contribution in [2.45, 2.75) is 6.92 Å². The van der Waals surface area contributed by atoms with E-state index in [9.17, 15) is 9.18 Å². The van der Waals surface area contributed by atoms with E-state index in [0.717, 1.165) is 13.1 Å². The SMILES string of the molecule is Cc1cccc(N2CCN(C(=O)c3ccnc(Nc4cccc(F)c4)c3)CC2)c1. The number of hydrogen-bond acceptors (Lipinski definition) is 4. The smallest absolute Gasteiger partial charge is 0.254 e. The average Bonchev–Trinajstić information content (AvgIpc) is 2.74. The van der Waals surface area contributed by atoms with Crippen LogP contribution >= 0.6 is 0 Å². The van der Waals surface area contributed by atoms with E-state index in [0.29, 0.717) is 30.2 Å². The third-order valence-corrected chi connectivity index (χ3v) is 5.04. The van der Waals surface area contributed by atoms with Gasteiger partial charge in [-0.2, -0.15) is 0 Å². The molecule has 1 aromatic heterocycles. The number of benzene rings is 2. The number of nitrogens with zero attached hydrogens (tertiary/aromatic N) is 3. The van der Waals surface area contributed by atoms with Crippen LogP contribution in [0.3, 0.4) is 0 Å². The van der Waals surface area contributed by atoms with Crippen molar-refractivity contribution in [2.75, 3.05) is 36.4 Å². The molecule has 3 aromatic rings. The monoisotopic (exact) mass is 390 g/mol. The molecule has 0 aliphatic carbocycles. The number of aromatic nitrogens is 1. The summed E-state index contributed by atoms with van der Waals surface area (Å²) in [5.74, 6) is 0.173. The molecule has 2 aromatic carbocycles. The normalized spacial score (nSPS) is 14.0. The predicted octanol–water partition coefficient (Wildman–Crippen LogP) is 4.24. The molecule has 1 aliphatic rings. The summed E-state index contributed by atoms with van der Waals surface area (Å²) in [5.41, 5.74) is 3.59. The van der Waals surface area contributed by atoms with Crippen molar-refractivity contribution in [3.63, 3.8) is 0 Å². The summed E-state index contributed by atoms with van der Waals surface area (Å²) in [5, 5.41) is 3.05. The van der Waals surface area contributed by atoms with Crippen molar-refractivity contribution >= 4 is 23.1 Å². The summed E-state index contributed by atoms with van der Waals surface area (Å²) in [6.07, 6.45) is 1.60. The molecule has 0 bridgehead atoms. The minimum absolute atomic E-state index is 0.0152. The maximum Gasteiger partial charge on any atom is 0.254 e. The van der Waals surface area contributed by atoms with E-state index in [1.54, 1.807) is 30.5 Å². The second-order valence-electron chi connectivity index (χ2n) is 7.18. The molecule has 2 heterocycles. The first-order valence-electron chi connectivity index (χ1n) is 9.68. The van der Waals surface area contributed by atoms with Gasteiger partial charge < -0.3 is 15.1 Å². The molecule has 148 valence electrons. The van der Waals surface area contributed by atoms with Crippen molar-refractivity contribution in [2.24, 2.45) is 0 Å². The number of rotatable bonds is 4. The summed E-state index contributed by atoms with van der Waals surface area (Å²) >= 11 is 0. The summed E-state index contributed by atoms with van der Waals surface area (Å²) < 4.78 is 13.4. The van der Waals surface area contributed by atoms with E-state index < -0.39 is 0 Å². The van der Waals surface area contributed by atoms with Gasteiger partial charge >= 0.3 is 0 Å². The van der Waals surface area contributed by atoms with Gasteiger partial charge in [-0.05, 0) is 55.0 Å². The first-order chi connectivity index (χ1) is 14.1. The van der Waals surface area contributed by atoms with Crippen molar-refractivity contribution < 1.29 is 9.18 Å². The number of aryl methyl sites for hydroxylation is 1. The summed E-state index contributed by atoms with van der Waals surface area (Å²) in [7, 11) is 0. The van der Waals surface area contributed by atoms with Crippen molar-refractivity contribution in [3.05, 3.63) is 83.8 Å². The lowest BCUT2D eigenvalue weighted by Gasteiger charge is -2.36. The molecule has 6 heteroatoms. The van der Waals surface area contributed by atoms with Crippen LogP contribution < -0.4 is 10.2 Å². The number of nitrogens with one attached hydrogen (secondary N) is 1. The third kappa shape index (κ3) is 4.54. The molecule has 1 aliphatic heterocycles. The van der Waals surface area contributed by atoms with Gasteiger partial charge in [-0.3, -0.25) is 4.79 Å². The molecule has 0 saturated carbocycles. The zero-order valence-corrected chi connectivity index (χ0v) is 16.3. The molecule has 0 unspecified atom stereocenters. The first kappa shape index (κ1) is 18.9. The number of amides is 1. The molecule has 1 amide bonds. The number of carbonyl (C=O) groups is 1. The minimum Gasteiger partial charge on any atom is -0.368 e. The summed E-state index contributed by atoms with van der Waals surface area (Å²) in [6, 6.07) is 18.0. The van der Waals surface area contributed by atoms with E-state index in [-0.39, 0.29) is 11.7 Å². The van der Waals surface area contributed by atoms with Crippen molar-refractivity contribution in [1.29, 1.82) is 0 Å². The zero-order valence-electron chi connectivity index (χ0n) is 16.3. The van der Waals surface area contributed by atoms with E-state index in [1.165, 1.54) is 23.4 Å². The van der Waals surface area contributed by atoms with Gasteiger partial charge in [-0.15, -0.1) is 0 Å². The Morgan fingerprint density at radius 2 is 1.79 bits per heavy atom. The number of pyridine rings is 1. The first-order valence-corrected chi connectivity index (χ1v) is 9.68. The van der Waals surface area contributed by atoms with Crippen LogP contribution in [0.25, 0.3) is 0 Å². The number of anilines is 3. The second-order valence-corrected chi connectivity index (χ2v) is 7.18. The maximum atomic E-state index is 13.4. The Kier molecular flexibility index (Phi) is 5.42. The number of halogens is 1. The molecular formula is C23H23FN4O. The van der Waals surface area contributed by atoms with Crippen LogP contribution in [-0.4, -0.2) is 42.0 Å². The number of carbonyl (C=O) groups excluding carboxylic acids is 1. The molecule has 0 spiro atoms. The molecule has 4 rings (SSSR count). The van der Waals surface area contributed by atoms with Gasteiger partial charge in [0.2, 0.25) is 0 Å². The van der Waals surface area contributed by atoms with Crippen LogP contribution in [-0.2, 0) is 0 Å². The fraction of sp³-hybridized carbons (Fsp3) is 0.217. The maximum absolute atomic E-state index is 13.4. The Labute approximate surface area is 169 Å². The van der Waals surface area contributed by atoms with Crippen LogP contribution in [0.4, 0.5) is 21.6 Å². The summed E-state index contributed by atoms with van der Waals surface area (Å²) in [6.45, 7) is 5.02. The quantitative estimate of drug-likeness (QED) is 0.724. The van der Waals surface area contributed by atoms with Crippen LogP contribution in [0.15, 0.2) is 66.9 Å². The van der Waals surface area contributed by atoms with Gasteiger partial charge in [0, 0.05) is 49.3 Å². The average molecular weight is 390 g/mol. The zero-order chi connectivity index (χ0) is 20.2. The Bertz CT molecular complexity index is 1020. The molecule has 1 N–H and O–H groups in total. The fourth-order valence-electron chi connectivity index (χ4n) is 3.52. The highest BCUT2D eigenvalue weighted by molar-refractivity contribution is 5.95. The summed E-state index contributed by atoms with van der Waals surface area (Å²) in [4.78, 5) is 21.4. The number of piperazine rings is 1. The van der Waals surface area contributed by atoms with Gasteiger partial charge in [0.25, 0.3) is 5.91 Å². The van der Waals surface area contributed by atoms with Crippen LogP contribution in [0.5, 0.6) is 0 Å². The Morgan fingerprint density at radius 1 is 1.00 bits per heavy atom. The fourth-order valence-corrected chi connectivity index (χ4v) is 3.52. The largest absolute Gasteiger partial charge is 0.368 e. The minimum atomic E-state index is -0.325. The Hall–Kier alpha value is -3.41. The Balaban J connectivity index is 1.41. The second kappa shape index (κ2) is 8.31. The van der Waals surface area contributed by atoms with E-state index in [1.807, 2.05) is 4.90 Å². The molecule has 1 fully saturated rings. The van der Waals surface area contributed by atoms with Crippen LogP contribution in [0, 0.1) is 12.7 Å². The molecule has 29 heavy (non-hydrogen) atoms. The lowest BCUT2D eigenvalue weighted by atomic mass is 10.1. The highest BCUT2D eigenvalue weighted by atomic mass is 19.1. The standard InChI is InChI=1S/C23H23FN4O/c1-17-4-2-7-21(14-17)27-10-12-28(13-11-27)23(29)18-8-9-25-22(15-18)26-20-6-3-5-19(24)16-20/h2-9,14-16H,10-13H2,1H3,(H,25,26). The molecule has 0 atom stereocenters. The Morgan fingerprint density at radius 3 is 2.55 bits per heavy atom. The highest BCUT2D eigenvalue weighted by Crippen LogP contribution is 2.20. The van der Waals surface area contributed by atoms with Crippen LogP contribution in [0.2, 0.25) is 0 Å². The van der Waals surface area contributed by atoms with Gasteiger partial charge in [0.15, 0.2) is 0 Å². The van der Waals surface area contributed by atoms with Gasteiger partial charge in [-0.1, -0.05) is 18.2 Å². The lowest BCUT2D eigenvalue weighted by Crippen LogP contribution is -2.48. The van der Waals surface area contributed by atoms with E-state index in [4.69, 9.17) is 0 Å².